The van der Waals surface area contributed by atoms with Gasteiger partial charge in [0, 0.05) is 11.1 Å². The van der Waals surface area contributed by atoms with Gasteiger partial charge in [0.2, 0.25) is 5.95 Å². The van der Waals surface area contributed by atoms with E-state index in [4.69, 9.17) is 0 Å². The molecule has 5 nitrogen and oxygen atoms in total. The van der Waals surface area contributed by atoms with E-state index >= 15 is 0 Å². The fourth-order valence-electron chi connectivity index (χ4n) is 2.46. The van der Waals surface area contributed by atoms with Gasteiger partial charge in [0.05, 0.1) is 5.52 Å². The van der Waals surface area contributed by atoms with Gasteiger partial charge in [0.15, 0.2) is 5.65 Å². The molecule has 2 heterocycles. The molecule has 6 heteroatoms. The number of para-hydroxylation sites is 1. The summed E-state index contributed by atoms with van der Waals surface area (Å²) in [6.07, 6.45) is 0. The summed E-state index contributed by atoms with van der Waals surface area (Å²) in [6.45, 7) is 1.87. The Bertz CT molecular complexity index is 975. The van der Waals surface area contributed by atoms with Crippen LogP contribution in [-0.2, 0) is 0 Å². The predicted octanol–water partition coefficient (Wildman–Crippen LogP) is 3.47. The van der Waals surface area contributed by atoms with Gasteiger partial charge in [0.1, 0.15) is 11.6 Å². The van der Waals surface area contributed by atoms with E-state index in [1.165, 1.54) is 12.1 Å². The van der Waals surface area contributed by atoms with Crippen LogP contribution in [-0.4, -0.2) is 19.6 Å². The third-order valence-electron chi connectivity index (χ3n) is 3.51. The standard InChI is InChI=1S/C16H12FN5/c1-10-20-21-15-13-4-2-3-5-14(13)19-16(22(10)15)18-12-8-6-11(17)7-9-12/h2-9H,1H3,(H,18,19). The Morgan fingerprint density at radius 2 is 1.77 bits per heavy atom. The van der Waals surface area contributed by atoms with Gasteiger partial charge in [-0.15, -0.1) is 10.2 Å². The number of nitrogens with one attached hydrogen (secondary N) is 1. The summed E-state index contributed by atoms with van der Waals surface area (Å²) in [7, 11) is 0. The fourth-order valence-corrected chi connectivity index (χ4v) is 2.46. The van der Waals surface area contributed by atoms with Crippen LogP contribution in [0.25, 0.3) is 16.6 Å². The van der Waals surface area contributed by atoms with Crippen LogP contribution >= 0.6 is 0 Å². The van der Waals surface area contributed by atoms with E-state index in [9.17, 15) is 4.39 Å². The monoisotopic (exact) mass is 293 g/mol. The second kappa shape index (κ2) is 4.77. The lowest BCUT2D eigenvalue weighted by Gasteiger charge is -2.10. The van der Waals surface area contributed by atoms with E-state index in [0.29, 0.717) is 5.95 Å². The minimum absolute atomic E-state index is 0.275. The lowest BCUT2D eigenvalue weighted by Crippen LogP contribution is -2.03. The van der Waals surface area contributed by atoms with Crippen LogP contribution in [0.15, 0.2) is 48.5 Å². The maximum absolute atomic E-state index is 13.0. The number of nitrogens with zero attached hydrogens (tertiary/aromatic N) is 4. The number of anilines is 2. The van der Waals surface area contributed by atoms with Crippen LogP contribution in [0.2, 0.25) is 0 Å². The Hall–Kier alpha value is -3.02. The van der Waals surface area contributed by atoms with Crippen LogP contribution in [0, 0.1) is 12.7 Å². The topological polar surface area (TPSA) is 55.1 Å². The summed E-state index contributed by atoms with van der Waals surface area (Å²) in [5.74, 6) is 1.06. The van der Waals surface area contributed by atoms with Gasteiger partial charge in [-0.3, -0.25) is 0 Å². The van der Waals surface area contributed by atoms with Crippen LogP contribution < -0.4 is 5.32 Å². The Balaban J connectivity index is 1.94. The number of halogens is 1. The highest BCUT2D eigenvalue weighted by atomic mass is 19.1. The predicted molar refractivity (Wildman–Crippen MR) is 82.7 cm³/mol. The highest BCUT2D eigenvalue weighted by molar-refractivity contribution is 5.92. The van der Waals surface area contributed by atoms with Crippen molar-refractivity contribution in [3.8, 4) is 0 Å². The second-order valence-corrected chi connectivity index (χ2v) is 4.99. The Labute approximate surface area is 125 Å². The molecule has 4 rings (SSSR count). The summed E-state index contributed by atoms with van der Waals surface area (Å²) in [5.41, 5.74) is 2.32. The van der Waals surface area contributed by atoms with Crippen LogP contribution in [0.4, 0.5) is 16.0 Å². The molecule has 0 bridgehead atoms. The molecule has 0 aliphatic carbocycles. The first kappa shape index (κ1) is 12.7. The van der Waals surface area contributed by atoms with Crippen LogP contribution in [0.3, 0.4) is 0 Å². The smallest absolute Gasteiger partial charge is 0.215 e. The lowest BCUT2D eigenvalue weighted by atomic mass is 10.2. The van der Waals surface area contributed by atoms with Gasteiger partial charge in [-0.05, 0) is 43.3 Å². The Kier molecular flexibility index (Phi) is 2.75. The van der Waals surface area contributed by atoms with Gasteiger partial charge in [-0.25, -0.2) is 13.8 Å². The van der Waals surface area contributed by atoms with Crippen molar-refractivity contribution < 1.29 is 4.39 Å². The molecule has 108 valence electrons. The summed E-state index contributed by atoms with van der Waals surface area (Å²) in [5, 5.41) is 12.5. The van der Waals surface area contributed by atoms with Crippen molar-refractivity contribution in [1.82, 2.24) is 19.6 Å². The molecule has 0 radical (unpaired) electrons. The van der Waals surface area contributed by atoms with Crippen molar-refractivity contribution >= 4 is 28.2 Å². The molecule has 0 spiro atoms. The number of fused-ring (bicyclic) bond motifs is 3. The van der Waals surface area contributed by atoms with Gasteiger partial charge >= 0.3 is 0 Å². The summed E-state index contributed by atoms with van der Waals surface area (Å²) in [4.78, 5) is 4.63. The zero-order valence-corrected chi connectivity index (χ0v) is 11.8. The number of hydrogen-bond donors (Lipinski definition) is 1. The molecule has 0 unspecified atom stereocenters. The Morgan fingerprint density at radius 1 is 1.00 bits per heavy atom. The normalized spacial score (nSPS) is 11.2. The number of aromatic nitrogens is 4. The summed E-state index contributed by atoms with van der Waals surface area (Å²) in [6, 6.07) is 13.9. The zero-order chi connectivity index (χ0) is 15.1. The molecule has 0 aliphatic rings. The third-order valence-corrected chi connectivity index (χ3v) is 3.51. The quantitative estimate of drug-likeness (QED) is 0.615. The lowest BCUT2D eigenvalue weighted by molar-refractivity contribution is 0.628. The van der Waals surface area contributed by atoms with Crippen molar-refractivity contribution in [2.24, 2.45) is 0 Å². The van der Waals surface area contributed by atoms with Crippen molar-refractivity contribution in [1.29, 1.82) is 0 Å². The minimum atomic E-state index is -0.275. The first-order valence-corrected chi connectivity index (χ1v) is 6.85. The molecule has 0 aliphatic heterocycles. The highest BCUT2D eigenvalue weighted by Gasteiger charge is 2.12. The first-order chi connectivity index (χ1) is 10.7. The summed E-state index contributed by atoms with van der Waals surface area (Å²) >= 11 is 0. The van der Waals surface area contributed by atoms with Crippen molar-refractivity contribution in [3.05, 3.63) is 60.2 Å². The van der Waals surface area contributed by atoms with Crippen molar-refractivity contribution in [2.75, 3.05) is 5.32 Å². The zero-order valence-electron chi connectivity index (χ0n) is 11.8. The molecular formula is C16H12FN5. The molecule has 0 saturated heterocycles. The molecule has 0 saturated carbocycles. The molecule has 0 amide bonds. The number of benzene rings is 2. The van der Waals surface area contributed by atoms with E-state index in [1.54, 1.807) is 12.1 Å². The number of rotatable bonds is 2. The Morgan fingerprint density at radius 3 is 2.59 bits per heavy atom. The fraction of sp³-hybridized carbons (Fsp3) is 0.0625. The van der Waals surface area contributed by atoms with E-state index in [1.807, 2.05) is 35.6 Å². The maximum atomic E-state index is 13.0. The average molecular weight is 293 g/mol. The first-order valence-electron chi connectivity index (χ1n) is 6.85. The molecule has 22 heavy (non-hydrogen) atoms. The van der Waals surface area contributed by atoms with Gasteiger partial charge < -0.3 is 5.32 Å². The minimum Gasteiger partial charge on any atom is -0.325 e. The van der Waals surface area contributed by atoms with E-state index in [0.717, 1.165) is 28.1 Å². The van der Waals surface area contributed by atoms with E-state index in [2.05, 4.69) is 20.5 Å². The van der Waals surface area contributed by atoms with Crippen molar-refractivity contribution in [2.45, 2.75) is 6.92 Å². The SMILES string of the molecule is Cc1nnc2c3ccccc3nc(Nc3ccc(F)cc3)n12. The molecule has 0 fully saturated rings. The maximum Gasteiger partial charge on any atom is 0.215 e. The molecule has 2 aromatic carbocycles. The van der Waals surface area contributed by atoms with Crippen LogP contribution in [0.1, 0.15) is 5.82 Å². The number of aryl methyl sites for hydroxylation is 1. The van der Waals surface area contributed by atoms with Crippen molar-refractivity contribution in [3.63, 3.8) is 0 Å². The van der Waals surface area contributed by atoms with Gasteiger partial charge in [0.25, 0.3) is 0 Å². The van der Waals surface area contributed by atoms with E-state index < -0.39 is 0 Å². The third kappa shape index (κ3) is 1.96. The highest BCUT2D eigenvalue weighted by Crippen LogP contribution is 2.23. The van der Waals surface area contributed by atoms with E-state index in [-0.39, 0.29) is 5.82 Å². The second-order valence-electron chi connectivity index (χ2n) is 4.99. The largest absolute Gasteiger partial charge is 0.325 e. The summed E-state index contributed by atoms with van der Waals surface area (Å²) < 4.78 is 14.9. The molecule has 4 aromatic rings. The van der Waals surface area contributed by atoms with Crippen LogP contribution in [0.5, 0.6) is 0 Å². The molecular weight excluding hydrogens is 281 g/mol. The number of hydrogen-bond acceptors (Lipinski definition) is 4. The van der Waals surface area contributed by atoms with Gasteiger partial charge in [-0.1, -0.05) is 12.1 Å². The average Bonchev–Trinajstić information content (AvgIpc) is 2.92. The molecule has 1 N–H and O–H groups in total. The van der Waals surface area contributed by atoms with Gasteiger partial charge in [-0.2, -0.15) is 0 Å². The molecule has 2 aromatic heterocycles. The molecule has 0 atom stereocenters.